The Hall–Kier alpha value is -2.70. The number of amides is 1. The predicted molar refractivity (Wildman–Crippen MR) is 102 cm³/mol. The van der Waals surface area contributed by atoms with Crippen LogP contribution in [0.15, 0.2) is 23.1 Å². The summed E-state index contributed by atoms with van der Waals surface area (Å²) in [5.41, 5.74) is 1.29. The van der Waals surface area contributed by atoms with E-state index in [0.29, 0.717) is 50.1 Å². The Labute approximate surface area is 157 Å². The molecular weight excluding hydrogens is 346 g/mol. The lowest BCUT2D eigenvalue weighted by molar-refractivity contribution is -0.149. The van der Waals surface area contributed by atoms with Gasteiger partial charge in [0.25, 0.3) is 5.91 Å². The van der Waals surface area contributed by atoms with Crippen molar-refractivity contribution in [2.24, 2.45) is 5.92 Å². The summed E-state index contributed by atoms with van der Waals surface area (Å²) < 4.78 is 6.90. The monoisotopic (exact) mass is 371 g/mol. The first-order chi connectivity index (χ1) is 13.0. The maximum absolute atomic E-state index is 13.0. The van der Waals surface area contributed by atoms with Crippen molar-refractivity contribution in [1.29, 1.82) is 0 Å². The molecular formula is C20H25N3O4. The van der Waals surface area contributed by atoms with Crippen molar-refractivity contribution in [3.8, 4) is 0 Å². The third-order valence-electron chi connectivity index (χ3n) is 5.03. The fraction of sp³-hybridized carbons (Fsp3) is 0.500. The molecule has 0 atom stereocenters. The van der Waals surface area contributed by atoms with E-state index in [1.807, 2.05) is 18.4 Å². The molecule has 1 saturated heterocycles. The molecule has 2 aromatic heterocycles. The number of rotatable bonds is 4. The average molecular weight is 371 g/mol. The Balaban J connectivity index is 1.87. The second-order valence-electron chi connectivity index (χ2n) is 6.80. The van der Waals surface area contributed by atoms with E-state index in [9.17, 15) is 14.4 Å². The van der Waals surface area contributed by atoms with Gasteiger partial charge >= 0.3 is 5.97 Å². The number of piperidine rings is 1. The number of hydrogen-bond donors (Lipinski definition) is 0. The normalized spacial score (nSPS) is 15.1. The van der Waals surface area contributed by atoms with Gasteiger partial charge in [-0.05, 0) is 45.7 Å². The second-order valence-corrected chi connectivity index (χ2v) is 6.80. The number of aromatic nitrogens is 2. The van der Waals surface area contributed by atoms with E-state index in [2.05, 4.69) is 4.98 Å². The first-order valence-electron chi connectivity index (χ1n) is 9.43. The lowest BCUT2D eigenvalue weighted by Crippen LogP contribution is -2.42. The number of hydrogen-bond acceptors (Lipinski definition) is 5. The number of esters is 1. The molecule has 7 nitrogen and oxygen atoms in total. The average Bonchev–Trinajstić information content (AvgIpc) is 2.68. The highest BCUT2D eigenvalue weighted by molar-refractivity contribution is 5.97. The first kappa shape index (κ1) is 19.1. The van der Waals surface area contributed by atoms with E-state index in [1.54, 1.807) is 30.2 Å². The Kier molecular flexibility index (Phi) is 5.58. The van der Waals surface area contributed by atoms with E-state index < -0.39 is 0 Å². The fourth-order valence-electron chi connectivity index (χ4n) is 3.50. The highest BCUT2D eigenvalue weighted by Crippen LogP contribution is 2.20. The van der Waals surface area contributed by atoms with Crippen LogP contribution in [-0.4, -0.2) is 46.0 Å². The molecule has 0 spiro atoms. The van der Waals surface area contributed by atoms with Gasteiger partial charge in [-0.25, -0.2) is 4.98 Å². The van der Waals surface area contributed by atoms with Crippen LogP contribution in [0.3, 0.4) is 0 Å². The Morgan fingerprint density at radius 3 is 2.56 bits per heavy atom. The Bertz CT molecular complexity index is 927. The number of pyridine rings is 2. The minimum atomic E-state index is -0.292. The van der Waals surface area contributed by atoms with E-state index in [-0.39, 0.29) is 28.8 Å². The van der Waals surface area contributed by atoms with E-state index >= 15 is 0 Å². The van der Waals surface area contributed by atoms with Crippen molar-refractivity contribution in [1.82, 2.24) is 14.5 Å². The topological polar surface area (TPSA) is 81.5 Å². The van der Waals surface area contributed by atoms with Crippen LogP contribution >= 0.6 is 0 Å². The van der Waals surface area contributed by atoms with Gasteiger partial charge in [0.05, 0.1) is 17.9 Å². The number of nitrogens with zero attached hydrogens (tertiary/aromatic N) is 3. The molecule has 0 unspecified atom stereocenters. The molecule has 0 radical (unpaired) electrons. The zero-order valence-electron chi connectivity index (χ0n) is 16.0. The van der Waals surface area contributed by atoms with Crippen LogP contribution in [0.25, 0.3) is 11.0 Å². The summed E-state index contributed by atoms with van der Waals surface area (Å²) in [7, 11) is 0. The van der Waals surface area contributed by atoms with Crippen molar-refractivity contribution in [2.45, 2.75) is 40.2 Å². The summed E-state index contributed by atoms with van der Waals surface area (Å²) in [6, 6.07) is 3.51. The van der Waals surface area contributed by atoms with Gasteiger partial charge in [-0.1, -0.05) is 0 Å². The number of aryl methyl sites for hydroxylation is 2. The summed E-state index contributed by atoms with van der Waals surface area (Å²) >= 11 is 0. The molecule has 144 valence electrons. The van der Waals surface area contributed by atoms with Gasteiger partial charge < -0.3 is 14.2 Å². The number of carbonyl (C=O) groups is 2. The zero-order chi connectivity index (χ0) is 19.6. The van der Waals surface area contributed by atoms with E-state index in [4.69, 9.17) is 4.74 Å². The molecule has 1 amide bonds. The molecule has 0 aliphatic carbocycles. The third-order valence-corrected chi connectivity index (χ3v) is 5.03. The molecule has 2 aromatic rings. The maximum atomic E-state index is 13.0. The van der Waals surface area contributed by atoms with Gasteiger partial charge in [0.2, 0.25) is 5.43 Å². The summed E-state index contributed by atoms with van der Waals surface area (Å²) in [6.07, 6.45) is 2.72. The summed E-state index contributed by atoms with van der Waals surface area (Å²) in [5, 5.41) is 0.453. The molecule has 3 rings (SSSR count). The van der Waals surface area contributed by atoms with Gasteiger partial charge in [0, 0.05) is 31.5 Å². The third kappa shape index (κ3) is 3.72. The van der Waals surface area contributed by atoms with Crippen molar-refractivity contribution >= 4 is 22.9 Å². The lowest BCUT2D eigenvalue weighted by atomic mass is 9.96. The van der Waals surface area contributed by atoms with Gasteiger partial charge in [-0.15, -0.1) is 0 Å². The summed E-state index contributed by atoms with van der Waals surface area (Å²) in [5.74, 6) is -0.665. The van der Waals surface area contributed by atoms with Crippen LogP contribution in [0.2, 0.25) is 0 Å². The zero-order valence-corrected chi connectivity index (χ0v) is 16.0. The number of carbonyl (C=O) groups excluding carboxylic acids is 2. The molecule has 0 aromatic carbocycles. The van der Waals surface area contributed by atoms with Crippen LogP contribution in [0.1, 0.15) is 42.7 Å². The molecule has 0 saturated carbocycles. The van der Waals surface area contributed by atoms with Gasteiger partial charge in [-0.3, -0.25) is 14.4 Å². The highest BCUT2D eigenvalue weighted by atomic mass is 16.5. The fourth-order valence-corrected chi connectivity index (χ4v) is 3.50. The van der Waals surface area contributed by atoms with Crippen LogP contribution in [0.4, 0.5) is 0 Å². The standard InChI is InChI=1S/C20H25N3O4/c1-4-22-12-16(17(24)15-7-6-13(3)21-18(15)22)19(25)23-10-8-14(9-11-23)20(26)27-5-2/h6-7,12,14H,4-5,8-11H2,1-3H3. The van der Waals surface area contributed by atoms with Crippen molar-refractivity contribution < 1.29 is 14.3 Å². The molecule has 27 heavy (non-hydrogen) atoms. The summed E-state index contributed by atoms with van der Waals surface area (Å²) in [6.45, 7) is 7.46. The van der Waals surface area contributed by atoms with Crippen LogP contribution in [0.5, 0.6) is 0 Å². The number of fused-ring (bicyclic) bond motifs is 1. The van der Waals surface area contributed by atoms with Crippen molar-refractivity contribution in [3.63, 3.8) is 0 Å². The minimum absolute atomic E-state index is 0.157. The highest BCUT2D eigenvalue weighted by Gasteiger charge is 2.30. The largest absolute Gasteiger partial charge is 0.466 e. The number of ether oxygens (including phenoxy) is 1. The predicted octanol–water partition coefficient (Wildman–Crippen LogP) is 2.14. The van der Waals surface area contributed by atoms with Crippen molar-refractivity contribution in [3.05, 3.63) is 39.8 Å². The SMILES string of the molecule is CCOC(=O)C1CCN(C(=O)c2cn(CC)c3nc(C)ccc3c2=O)CC1. The minimum Gasteiger partial charge on any atom is -0.466 e. The summed E-state index contributed by atoms with van der Waals surface area (Å²) in [4.78, 5) is 43.8. The maximum Gasteiger partial charge on any atom is 0.309 e. The first-order valence-corrected chi connectivity index (χ1v) is 9.43. The van der Waals surface area contributed by atoms with Crippen molar-refractivity contribution in [2.75, 3.05) is 19.7 Å². The van der Waals surface area contributed by atoms with Gasteiger partial charge in [-0.2, -0.15) is 0 Å². The van der Waals surface area contributed by atoms with Gasteiger partial charge in [0.15, 0.2) is 0 Å². The Morgan fingerprint density at radius 2 is 1.93 bits per heavy atom. The smallest absolute Gasteiger partial charge is 0.309 e. The van der Waals surface area contributed by atoms with E-state index in [0.717, 1.165) is 5.69 Å². The molecule has 7 heteroatoms. The van der Waals surface area contributed by atoms with Crippen LogP contribution in [-0.2, 0) is 16.1 Å². The van der Waals surface area contributed by atoms with Crippen LogP contribution < -0.4 is 5.43 Å². The second kappa shape index (κ2) is 7.90. The molecule has 1 fully saturated rings. The molecule has 3 heterocycles. The van der Waals surface area contributed by atoms with Crippen LogP contribution in [0, 0.1) is 12.8 Å². The Morgan fingerprint density at radius 1 is 1.22 bits per heavy atom. The molecule has 1 aliphatic heterocycles. The molecule has 1 aliphatic rings. The van der Waals surface area contributed by atoms with E-state index in [1.165, 1.54) is 0 Å². The van der Waals surface area contributed by atoms with Gasteiger partial charge in [0.1, 0.15) is 11.2 Å². The quantitative estimate of drug-likeness (QED) is 0.769. The molecule has 0 N–H and O–H groups in total. The number of likely N-dealkylation sites (tertiary alicyclic amines) is 1. The lowest BCUT2D eigenvalue weighted by Gasteiger charge is -2.31. The molecule has 0 bridgehead atoms.